The van der Waals surface area contributed by atoms with E-state index in [9.17, 15) is 12.8 Å². The third-order valence-electron chi connectivity index (χ3n) is 2.62. The largest absolute Gasteiger partial charge is 0.224 e. The van der Waals surface area contributed by atoms with Gasteiger partial charge in [0, 0.05) is 6.26 Å². The Bertz CT molecular complexity index is 776. The van der Waals surface area contributed by atoms with E-state index in [1.807, 2.05) is 6.07 Å². The Morgan fingerprint density at radius 3 is 2.47 bits per heavy atom. The fourth-order valence-corrected chi connectivity index (χ4v) is 2.39. The molecule has 0 unspecified atom stereocenters. The number of hydrogen-bond donors (Lipinski definition) is 0. The molecule has 0 aliphatic carbocycles. The van der Waals surface area contributed by atoms with E-state index in [0.717, 1.165) is 12.3 Å². The van der Waals surface area contributed by atoms with Crippen LogP contribution in [0.25, 0.3) is 11.1 Å². The zero-order valence-electron chi connectivity index (χ0n) is 10.1. The molecule has 96 valence electrons. The minimum atomic E-state index is -3.32. The first-order valence-corrected chi connectivity index (χ1v) is 7.30. The van der Waals surface area contributed by atoms with Crippen LogP contribution in [0.4, 0.5) is 4.39 Å². The SMILES string of the molecule is CS(=O)(=O)c1cccc(-c2cc(F)cc(C#N)c2)c1. The Morgan fingerprint density at radius 1 is 1.11 bits per heavy atom. The summed E-state index contributed by atoms with van der Waals surface area (Å²) < 4.78 is 36.3. The van der Waals surface area contributed by atoms with Gasteiger partial charge in [0.15, 0.2) is 9.84 Å². The molecule has 5 heteroatoms. The van der Waals surface area contributed by atoms with Crippen LogP contribution in [0.3, 0.4) is 0 Å². The van der Waals surface area contributed by atoms with Crippen molar-refractivity contribution in [3.05, 3.63) is 53.8 Å². The topological polar surface area (TPSA) is 57.9 Å². The van der Waals surface area contributed by atoms with E-state index in [0.29, 0.717) is 11.1 Å². The molecule has 0 bridgehead atoms. The van der Waals surface area contributed by atoms with E-state index < -0.39 is 15.7 Å². The lowest BCUT2D eigenvalue weighted by atomic mass is 10.0. The highest BCUT2D eigenvalue weighted by Crippen LogP contribution is 2.24. The van der Waals surface area contributed by atoms with Gasteiger partial charge in [0.25, 0.3) is 0 Å². The Hall–Kier alpha value is -2.19. The van der Waals surface area contributed by atoms with E-state index in [4.69, 9.17) is 5.26 Å². The average Bonchev–Trinajstić information content (AvgIpc) is 2.37. The lowest BCUT2D eigenvalue weighted by molar-refractivity contribution is 0.602. The number of nitriles is 1. The second kappa shape index (κ2) is 4.82. The molecule has 2 rings (SSSR count). The summed E-state index contributed by atoms with van der Waals surface area (Å²) >= 11 is 0. The van der Waals surface area contributed by atoms with E-state index in [1.54, 1.807) is 12.1 Å². The van der Waals surface area contributed by atoms with Crippen molar-refractivity contribution in [3.8, 4) is 17.2 Å². The maximum atomic E-state index is 13.4. The quantitative estimate of drug-likeness (QED) is 0.846. The highest BCUT2D eigenvalue weighted by Gasteiger charge is 2.09. The molecule has 0 atom stereocenters. The molecule has 3 nitrogen and oxygen atoms in total. The number of halogens is 1. The summed E-state index contributed by atoms with van der Waals surface area (Å²) in [5.74, 6) is -0.529. The van der Waals surface area contributed by atoms with Gasteiger partial charge in [-0.1, -0.05) is 12.1 Å². The van der Waals surface area contributed by atoms with Crippen LogP contribution < -0.4 is 0 Å². The molecule has 0 saturated carbocycles. The van der Waals surface area contributed by atoms with Crippen LogP contribution in [0.15, 0.2) is 47.4 Å². The van der Waals surface area contributed by atoms with Crippen molar-refractivity contribution in [2.75, 3.05) is 6.26 Å². The maximum Gasteiger partial charge on any atom is 0.175 e. The molecular weight excluding hydrogens is 265 g/mol. The second-order valence-electron chi connectivity index (χ2n) is 4.14. The van der Waals surface area contributed by atoms with Gasteiger partial charge in [-0.25, -0.2) is 12.8 Å². The molecule has 19 heavy (non-hydrogen) atoms. The van der Waals surface area contributed by atoms with Gasteiger partial charge in [0.05, 0.1) is 16.5 Å². The van der Waals surface area contributed by atoms with Crippen molar-refractivity contribution in [1.29, 1.82) is 5.26 Å². The van der Waals surface area contributed by atoms with Crippen LogP contribution in [0.1, 0.15) is 5.56 Å². The van der Waals surface area contributed by atoms with Gasteiger partial charge in [-0.3, -0.25) is 0 Å². The van der Waals surface area contributed by atoms with E-state index in [-0.39, 0.29) is 10.5 Å². The summed E-state index contributed by atoms with van der Waals surface area (Å²) in [5.41, 5.74) is 1.22. The van der Waals surface area contributed by atoms with Crippen molar-refractivity contribution in [1.82, 2.24) is 0 Å². The number of hydrogen-bond acceptors (Lipinski definition) is 3. The fourth-order valence-electron chi connectivity index (χ4n) is 1.73. The molecule has 0 aliphatic rings. The molecule has 0 saturated heterocycles. The van der Waals surface area contributed by atoms with Crippen LogP contribution in [0, 0.1) is 17.1 Å². The summed E-state index contributed by atoms with van der Waals surface area (Å²) in [4.78, 5) is 0.160. The minimum absolute atomic E-state index is 0.160. The lowest BCUT2D eigenvalue weighted by Gasteiger charge is -2.05. The molecular formula is C14H10FNO2S. The highest BCUT2D eigenvalue weighted by atomic mass is 32.2. The molecule has 0 N–H and O–H groups in total. The molecule has 0 fully saturated rings. The van der Waals surface area contributed by atoms with Crippen LogP contribution in [-0.4, -0.2) is 14.7 Å². The zero-order chi connectivity index (χ0) is 14.0. The summed E-state index contributed by atoms with van der Waals surface area (Å²) in [6.07, 6.45) is 1.11. The van der Waals surface area contributed by atoms with Gasteiger partial charge in [0.2, 0.25) is 0 Å². The standard InChI is InChI=1S/C14H10FNO2S/c1-19(17,18)14-4-2-3-11(8-14)12-5-10(9-16)6-13(15)7-12/h2-8H,1H3. The molecule has 0 amide bonds. The molecule has 0 aliphatic heterocycles. The van der Waals surface area contributed by atoms with Gasteiger partial charge in [0.1, 0.15) is 5.82 Å². The van der Waals surface area contributed by atoms with Crippen molar-refractivity contribution in [2.24, 2.45) is 0 Å². The van der Waals surface area contributed by atoms with Crippen LogP contribution in [-0.2, 0) is 9.84 Å². The van der Waals surface area contributed by atoms with Gasteiger partial charge in [-0.05, 0) is 41.5 Å². The fraction of sp³-hybridized carbons (Fsp3) is 0.0714. The first-order chi connectivity index (χ1) is 8.90. The van der Waals surface area contributed by atoms with Crippen molar-refractivity contribution >= 4 is 9.84 Å². The van der Waals surface area contributed by atoms with Crippen LogP contribution in [0.5, 0.6) is 0 Å². The predicted molar refractivity (Wildman–Crippen MR) is 69.7 cm³/mol. The van der Waals surface area contributed by atoms with Gasteiger partial charge in [-0.2, -0.15) is 5.26 Å². The van der Waals surface area contributed by atoms with Gasteiger partial charge in [-0.15, -0.1) is 0 Å². The lowest BCUT2D eigenvalue weighted by Crippen LogP contribution is -1.97. The van der Waals surface area contributed by atoms with Crippen LogP contribution in [0.2, 0.25) is 0 Å². The third kappa shape index (κ3) is 2.98. The van der Waals surface area contributed by atoms with E-state index >= 15 is 0 Å². The average molecular weight is 275 g/mol. The summed E-state index contributed by atoms with van der Waals surface area (Å²) in [7, 11) is -3.32. The first kappa shape index (κ1) is 13.2. The Balaban J connectivity index is 2.60. The van der Waals surface area contributed by atoms with E-state index in [1.165, 1.54) is 24.3 Å². The zero-order valence-corrected chi connectivity index (χ0v) is 10.9. The Kier molecular flexibility index (Phi) is 3.36. The summed E-state index contributed by atoms with van der Waals surface area (Å²) in [6, 6.07) is 12.0. The molecule has 0 spiro atoms. The molecule has 0 heterocycles. The first-order valence-electron chi connectivity index (χ1n) is 5.41. The number of sulfone groups is 1. The monoisotopic (exact) mass is 275 g/mol. The molecule has 2 aromatic rings. The molecule has 0 radical (unpaired) electrons. The molecule has 0 aromatic heterocycles. The Labute approximate surface area is 110 Å². The van der Waals surface area contributed by atoms with Crippen molar-refractivity contribution in [3.63, 3.8) is 0 Å². The Morgan fingerprint density at radius 2 is 1.84 bits per heavy atom. The maximum absolute atomic E-state index is 13.4. The number of nitrogens with zero attached hydrogens (tertiary/aromatic N) is 1. The number of benzene rings is 2. The summed E-state index contributed by atoms with van der Waals surface area (Å²) in [6.45, 7) is 0. The normalized spacial score (nSPS) is 11.0. The van der Waals surface area contributed by atoms with Crippen molar-refractivity contribution < 1.29 is 12.8 Å². The second-order valence-corrected chi connectivity index (χ2v) is 6.16. The molecule has 2 aromatic carbocycles. The van der Waals surface area contributed by atoms with Crippen molar-refractivity contribution in [2.45, 2.75) is 4.90 Å². The predicted octanol–water partition coefficient (Wildman–Crippen LogP) is 2.77. The third-order valence-corrected chi connectivity index (χ3v) is 3.73. The summed E-state index contributed by atoms with van der Waals surface area (Å²) in [5, 5.41) is 8.80. The number of rotatable bonds is 2. The smallest absolute Gasteiger partial charge is 0.175 e. The van der Waals surface area contributed by atoms with Crippen LogP contribution >= 0.6 is 0 Å². The minimum Gasteiger partial charge on any atom is -0.224 e. The van der Waals surface area contributed by atoms with Gasteiger partial charge < -0.3 is 0 Å². The van der Waals surface area contributed by atoms with E-state index in [2.05, 4.69) is 0 Å². The van der Waals surface area contributed by atoms with Gasteiger partial charge >= 0.3 is 0 Å². The highest BCUT2D eigenvalue weighted by molar-refractivity contribution is 7.90.